The Bertz CT molecular complexity index is 648. The van der Waals surface area contributed by atoms with Gasteiger partial charge in [0.25, 0.3) is 0 Å². The Hall–Kier alpha value is -1.71. The third kappa shape index (κ3) is 7.37. The van der Waals surface area contributed by atoms with Crippen molar-refractivity contribution in [2.75, 3.05) is 6.61 Å². The topological polar surface area (TPSA) is 30.5 Å². The van der Waals surface area contributed by atoms with E-state index < -0.39 is 0 Å². The summed E-state index contributed by atoms with van der Waals surface area (Å²) in [5, 5.41) is 3.49. The van der Waals surface area contributed by atoms with Crippen molar-refractivity contribution in [1.82, 2.24) is 5.32 Å². The molecule has 1 N–H and O–H groups in total. The van der Waals surface area contributed by atoms with Gasteiger partial charge in [-0.2, -0.15) is 0 Å². The maximum Gasteiger partial charge on any atom is 0.161 e. The first-order valence-corrected chi connectivity index (χ1v) is 8.56. The lowest BCUT2D eigenvalue weighted by atomic mass is 10.1. The number of nitrogens with one attached hydrogen (secondary N) is 1. The summed E-state index contributed by atoms with van der Waals surface area (Å²) in [7, 11) is 0. The van der Waals surface area contributed by atoms with Gasteiger partial charge in [-0.1, -0.05) is 35.9 Å². The predicted octanol–water partition coefficient (Wildman–Crippen LogP) is 5.28. The van der Waals surface area contributed by atoms with Gasteiger partial charge in [0.2, 0.25) is 0 Å². The molecule has 2 aromatic rings. The van der Waals surface area contributed by atoms with E-state index >= 15 is 0 Å². The SMILES string of the molecule is CCOc1cc(CNC(C)(C)C)ccc1OCc1ccc(C)cc1.Cl. The van der Waals surface area contributed by atoms with Crippen LogP contribution in [0.1, 0.15) is 44.4 Å². The minimum absolute atomic E-state index is 0. The Morgan fingerprint density at radius 1 is 0.880 bits per heavy atom. The van der Waals surface area contributed by atoms with Crippen LogP contribution in [0, 0.1) is 6.92 Å². The average molecular weight is 364 g/mol. The highest BCUT2D eigenvalue weighted by atomic mass is 35.5. The van der Waals surface area contributed by atoms with E-state index in [1.54, 1.807) is 0 Å². The third-order valence-corrected chi connectivity index (χ3v) is 3.65. The molecule has 0 radical (unpaired) electrons. The zero-order valence-corrected chi connectivity index (χ0v) is 16.7. The van der Waals surface area contributed by atoms with Gasteiger partial charge in [-0.3, -0.25) is 0 Å². The predicted molar refractivity (Wildman–Crippen MR) is 107 cm³/mol. The second-order valence-corrected chi connectivity index (χ2v) is 7.09. The highest BCUT2D eigenvalue weighted by molar-refractivity contribution is 5.85. The summed E-state index contributed by atoms with van der Waals surface area (Å²) in [6.45, 7) is 12.5. The molecule has 0 spiro atoms. The van der Waals surface area contributed by atoms with Crippen LogP contribution in [0.2, 0.25) is 0 Å². The fourth-order valence-electron chi connectivity index (χ4n) is 2.26. The number of hydrogen-bond acceptors (Lipinski definition) is 3. The minimum atomic E-state index is 0. The molecule has 25 heavy (non-hydrogen) atoms. The Morgan fingerprint density at radius 3 is 2.12 bits per heavy atom. The van der Waals surface area contributed by atoms with Gasteiger partial charge >= 0.3 is 0 Å². The largest absolute Gasteiger partial charge is 0.490 e. The summed E-state index contributed by atoms with van der Waals surface area (Å²) < 4.78 is 11.7. The number of benzene rings is 2. The molecule has 0 saturated carbocycles. The highest BCUT2D eigenvalue weighted by Gasteiger charge is 2.11. The average Bonchev–Trinajstić information content (AvgIpc) is 2.53. The van der Waals surface area contributed by atoms with Crippen LogP contribution in [0.3, 0.4) is 0 Å². The molecule has 0 aliphatic rings. The lowest BCUT2D eigenvalue weighted by Gasteiger charge is -2.21. The molecule has 0 bridgehead atoms. The molecule has 0 saturated heterocycles. The van der Waals surface area contributed by atoms with Gasteiger partial charge in [0.05, 0.1) is 6.61 Å². The number of ether oxygens (including phenoxy) is 2. The maximum atomic E-state index is 5.97. The molecule has 4 heteroatoms. The van der Waals surface area contributed by atoms with Crippen molar-refractivity contribution >= 4 is 12.4 Å². The van der Waals surface area contributed by atoms with Crippen molar-refractivity contribution < 1.29 is 9.47 Å². The zero-order chi connectivity index (χ0) is 17.6. The molecule has 2 rings (SSSR count). The summed E-state index contributed by atoms with van der Waals surface area (Å²) in [5.74, 6) is 1.59. The maximum absolute atomic E-state index is 5.97. The summed E-state index contributed by atoms with van der Waals surface area (Å²) in [4.78, 5) is 0. The van der Waals surface area contributed by atoms with Crippen LogP contribution in [0.4, 0.5) is 0 Å². The van der Waals surface area contributed by atoms with Crippen LogP contribution in [0.5, 0.6) is 11.5 Å². The Balaban J connectivity index is 0.00000312. The van der Waals surface area contributed by atoms with Crippen LogP contribution in [0.15, 0.2) is 42.5 Å². The normalized spacial score (nSPS) is 10.9. The van der Waals surface area contributed by atoms with Gasteiger partial charge in [0.1, 0.15) is 6.61 Å². The van der Waals surface area contributed by atoms with E-state index in [1.807, 2.05) is 13.0 Å². The van der Waals surface area contributed by atoms with Crippen molar-refractivity contribution in [3.63, 3.8) is 0 Å². The molecule has 0 heterocycles. The molecule has 0 aliphatic carbocycles. The van der Waals surface area contributed by atoms with Gasteiger partial charge < -0.3 is 14.8 Å². The first kappa shape index (κ1) is 21.3. The van der Waals surface area contributed by atoms with E-state index in [4.69, 9.17) is 9.47 Å². The van der Waals surface area contributed by atoms with Gasteiger partial charge in [-0.25, -0.2) is 0 Å². The number of hydrogen-bond donors (Lipinski definition) is 1. The smallest absolute Gasteiger partial charge is 0.161 e. The molecule has 3 nitrogen and oxygen atoms in total. The minimum Gasteiger partial charge on any atom is -0.490 e. The molecule has 0 amide bonds. The van der Waals surface area contributed by atoms with Crippen LogP contribution in [-0.4, -0.2) is 12.1 Å². The van der Waals surface area contributed by atoms with Crippen LogP contribution in [-0.2, 0) is 13.2 Å². The van der Waals surface area contributed by atoms with Crippen molar-refractivity contribution in [3.8, 4) is 11.5 Å². The van der Waals surface area contributed by atoms with Crippen LogP contribution >= 0.6 is 12.4 Å². The first-order chi connectivity index (χ1) is 11.4. The Labute approximate surface area is 158 Å². The molecule has 0 unspecified atom stereocenters. The van der Waals surface area contributed by atoms with E-state index in [-0.39, 0.29) is 17.9 Å². The Morgan fingerprint density at radius 2 is 1.52 bits per heavy atom. The van der Waals surface area contributed by atoms with Crippen molar-refractivity contribution in [2.24, 2.45) is 0 Å². The second-order valence-electron chi connectivity index (χ2n) is 7.09. The molecule has 2 aromatic carbocycles. The van der Waals surface area contributed by atoms with Crippen molar-refractivity contribution in [2.45, 2.75) is 53.3 Å². The molecule has 138 valence electrons. The first-order valence-electron chi connectivity index (χ1n) is 8.56. The van der Waals surface area contributed by atoms with Gasteiger partial charge in [-0.05, 0) is 57.9 Å². The second kappa shape index (κ2) is 9.69. The lowest BCUT2D eigenvalue weighted by Crippen LogP contribution is -2.35. The third-order valence-electron chi connectivity index (χ3n) is 3.65. The number of aryl methyl sites for hydroxylation is 1. The van der Waals surface area contributed by atoms with Gasteiger partial charge in [0.15, 0.2) is 11.5 Å². The van der Waals surface area contributed by atoms with Crippen LogP contribution < -0.4 is 14.8 Å². The van der Waals surface area contributed by atoms with Crippen molar-refractivity contribution in [1.29, 1.82) is 0 Å². The molecule has 0 atom stereocenters. The fraction of sp³-hybridized carbons (Fsp3) is 0.429. The number of halogens is 1. The van der Waals surface area contributed by atoms with E-state index in [2.05, 4.69) is 69.4 Å². The molecular weight excluding hydrogens is 334 g/mol. The van der Waals surface area contributed by atoms with E-state index in [9.17, 15) is 0 Å². The monoisotopic (exact) mass is 363 g/mol. The lowest BCUT2D eigenvalue weighted by molar-refractivity contribution is 0.269. The van der Waals surface area contributed by atoms with E-state index in [0.29, 0.717) is 13.2 Å². The quantitative estimate of drug-likeness (QED) is 0.725. The summed E-state index contributed by atoms with van der Waals surface area (Å²) in [6.07, 6.45) is 0. The summed E-state index contributed by atoms with van der Waals surface area (Å²) in [6, 6.07) is 14.5. The molecule has 0 aromatic heterocycles. The van der Waals surface area contributed by atoms with E-state index in [1.165, 1.54) is 11.1 Å². The summed E-state index contributed by atoms with van der Waals surface area (Å²) >= 11 is 0. The van der Waals surface area contributed by atoms with Gasteiger partial charge in [0, 0.05) is 12.1 Å². The Kier molecular flexibility index (Phi) is 8.27. The number of rotatable bonds is 7. The standard InChI is InChI=1S/C21H29NO2.ClH/c1-6-23-20-13-18(14-22-21(3,4)5)11-12-19(20)24-15-17-9-7-16(2)8-10-17;/h7-13,22H,6,14-15H2,1-5H3;1H. The van der Waals surface area contributed by atoms with Crippen LogP contribution in [0.25, 0.3) is 0 Å². The molecule has 0 aliphatic heterocycles. The highest BCUT2D eigenvalue weighted by Crippen LogP contribution is 2.29. The van der Waals surface area contributed by atoms with Gasteiger partial charge in [-0.15, -0.1) is 12.4 Å². The van der Waals surface area contributed by atoms with Crippen molar-refractivity contribution in [3.05, 3.63) is 59.2 Å². The fourth-order valence-corrected chi connectivity index (χ4v) is 2.26. The molecular formula is C21H30ClNO2. The summed E-state index contributed by atoms with van der Waals surface area (Å²) in [5.41, 5.74) is 3.69. The van der Waals surface area contributed by atoms with E-state index in [0.717, 1.165) is 23.6 Å². The molecule has 0 fully saturated rings. The zero-order valence-electron chi connectivity index (χ0n) is 15.9.